The fourth-order valence-corrected chi connectivity index (χ4v) is 3.43. The molecule has 0 bridgehead atoms. The Kier molecular flexibility index (Phi) is 7.27. The zero-order valence-corrected chi connectivity index (χ0v) is 18.4. The van der Waals surface area contributed by atoms with Gasteiger partial charge in [0.15, 0.2) is 0 Å². The SMILES string of the molecule is C/C(=N/N=C(N)N)c1ccc(N2CCN(c3ccc(/C(C)=N/N=C(N)N)cc3)CC2)cc1. The summed E-state index contributed by atoms with van der Waals surface area (Å²) in [7, 11) is 0. The molecule has 1 saturated heterocycles. The lowest BCUT2D eigenvalue weighted by Gasteiger charge is -2.37. The molecular weight excluding hydrogens is 404 g/mol. The molecule has 10 heteroatoms. The average Bonchev–Trinajstić information content (AvgIpc) is 2.81. The van der Waals surface area contributed by atoms with Crippen LogP contribution in [0.3, 0.4) is 0 Å². The van der Waals surface area contributed by atoms with Crippen molar-refractivity contribution >= 4 is 34.7 Å². The first-order chi connectivity index (χ1) is 15.3. The van der Waals surface area contributed by atoms with Crippen molar-refractivity contribution in [1.29, 1.82) is 0 Å². The monoisotopic (exact) mass is 434 g/mol. The Labute approximate surface area is 188 Å². The predicted octanol–water partition coefficient (Wildman–Crippen LogP) is 1.01. The second-order valence-corrected chi connectivity index (χ2v) is 7.49. The van der Waals surface area contributed by atoms with E-state index in [0.29, 0.717) is 0 Å². The number of nitrogens with zero attached hydrogens (tertiary/aromatic N) is 6. The molecule has 0 amide bonds. The lowest BCUT2D eigenvalue weighted by Crippen LogP contribution is -2.46. The Morgan fingerprint density at radius 1 is 0.562 bits per heavy atom. The van der Waals surface area contributed by atoms with Crippen molar-refractivity contribution in [2.75, 3.05) is 36.0 Å². The number of piperazine rings is 1. The summed E-state index contributed by atoms with van der Waals surface area (Å²) in [5, 5.41) is 15.5. The normalized spacial score (nSPS) is 14.8. The van der Waals surface area contributed by atoms with Crippen molar-refractivity contribution in [3.8, 4) is 0 Å². The van der Waals surface area contributed by atoms with Crippen LogP contribution >= 0.6 is 0 Å². The van der Waals surface area contributed by atoms with Crippen molar-refractivity contribution < 1.29 is 0 Å². The molecule has 168 valence electrons. The summed E-state index contributed by atoms with van der Waals surface area (Å²) in [5.74, 6) is -0.106. The standard InChI is InChI=1S/C22H30N10/c1-15(27-29-21(23)24)17-3-7-19(8-4-17)31-11-13-32(14-12-31)20-9-5-18(6-10-20)16(2)28-30-22(25)26/h3-10H,11-14H2,1-2H3,(H4,23,24,29)(H4,25,26,30)/b27-15-,28-16+. The smallest absolute Gasteiger partial charge is 0.211 e. The van der Waals surface area contributed by atoms with Crippen molar-refractivity contribution in [3.63, 3.8) is 0 Å². The van der Waals surface area contributed by atoms with E-state index in [1.54, 1.807) is 0 Å². The van der Waals surface area contributed by atoms with Crippen LogP contribution in [0.1, 0.15) is 25.0 Å². The Morgan fingerprint density at radius 3 is 1.16 bits per heavy atom. The summed E-state index contributed by atoms with van der Waals surface area (Å²) in [6.45, 7) is 7.50. The molecule has 1 aliphatic rings. The summed E-state index contributed by atoms with van der Waals surface area (Å²) >= 11 is 0. The van der Waals surface area contributed by atoms with Gasteiger partial charge in [-0.3, -0.25) is 0 Å². The van der Waals surface area contributed by atoms with Crippen LogP contribution in [0.2, 0.25) is 0 Å². The average molecular weight is 435 g/mol. The molecule has 0 radical (unpaired) electrons. The highest BCUT2D eigenvalue weighted by atomic mass is 15.3. The molecule has 0 spiro atoms. The van der Waals surface area contributed by atoms with Gasteiger partial charge in [0.1, 0.15) is 0 Å². The number of hydrogen-bond acceptors (Lipinski definition) is 6. The van der Waals surface area contributed by atoms with Crippen LogP contribution < -0.4 is 32.7 Å². The van der Waals surface area contributed by atoms with Gasteiger partial charge in [-0.1, -0.05) is 24.3 Å². The largest absolute Gasteiger partial charge is 0.369 e. The highest BCUT2D eigenvalue weighted by molar-refractivity contribution is 5.99. The first-order valence-electron chi connectivity index (χ1n) is 10.3. The number of hydrogen-bond donors (Lipinski definition) is 4. The number of guanidine groups is 2. The van der Waals surface area contributed by atoms with Crippen molar-refractivity contribution in [3.05, 3.63) is 59.7 Å². The van der Waals surface area contributed by atoms with Crippen molar-refractivity contribution in [2.24, 2.45) is 43.3 Å². The van der Waals surface area contributed by atoms with Crippen LogP contribution in [0.5, 0.6) is 0 Å². The van der Waals surface area contributed by atoms with E-state index in [1.165, 1.54) is 11.4 Å². The van der Waals surface area contributed by atoms with Crippen LogP contribution in [0.15, 0.2) is 68.9 Å². The fourth-order valence-electron chi connectivity index (χ4n) is 3.43. The number of rotatable bonds is 6. The molecule has 8 N–H and O–H groups in total. The lowest BCUT2D eigenvalue weighted by atomic mass is 10.1. The third-order valence-corrected chi connectivity index (χ3v) is 5.21. The summed E-state index contributed by atoms with van der Waals surface area (Å²) in [4.78, 5) is 4.76. The Balaban J connectivity index is 1.59. The van der Waals surface area contributed by atoms with Gasteiger partial charge in [0.25, 0.3) is 0 Å². The van der Waals surface area contributed by atoms with Crippen LogP contribution in [0.4, 0.5) is 11.4 Å². The molecule has 1 fully saturated rings. The van der Waals surface area contributed by atoms with Crippen LogP contribution in [0, 0.1) is 0 Å². The zero-order valence-electron chi connectivity index (χ0n) is 18.4. The van der Waals surface area contributed by atoms with Crippen molar-refractivity contribution in [1.82, 2.24) is 0 Å². The van der Waals surface area contributed by atoms with Gasteiger partial charge >= 0.3 is 0 Å². The summed E-state index contributed by atoms with van der Waals surface area (Å²) in [6.07, 6.45) is 0. The summed E-state index contributed by atoms with van der Waals surface area (Å²) < 4.78 is 0. The minimum absolute atomic E-state index is 0.0531. The van der Waals surface area contributed by atoms with E-state index >= 15 is 0 Å². The van der Waals surface area contributed by atoms with Gasteiger partial charge in [-0.05, 0) is 49.2 Å². The molecule has 10 nitrogen and oxygen atoms in total. The molecule has 2 aromatic carbocycles. The van der Waals surface area contributed by atoms with Crippen LogP contribution in [0.25, 0.3) is 0 Å². The van der Waals surface area contributed by atoms with Crippen LogP contribution in [-0.2, 0) is 0 Å². The molecule has 0 atom stereocenters. The van der Waals surface area contributed by atoms with E-state index < -0.39 is 0 Å². The molecule has 0 saturated carbocycles. The second kappa shape index (κ2) is 10.3. The third kappa shape index (κ3) is 5.97. The molecule has 1 heterocycles. The molecule has 3 rings (SSSR count). The molecule has 32 heavy (non-hydrogen) atoms. The quantitative estimate of drug-likeness (QED) is 0.301. The highest BCUT2D eigenvalue weighted by Crippen LogP contribution is 2.22. The first-order valence-corrected chi connectivity index (χ1v) is 10.3. The second-order valence-electron chi connectivity index (χ2n) is 7.49. The third-order valence-electron chi connectivity index (χ3n) is 5.21. The Bertz CT molecular complexity index is 934. The lowest BCUT2D eigenvalue weighted by molar-refractivity contribution is 0.653. The summed E-state index contributed by atoms with van der Waals surface area (Å²) in [6, 6.07) is 16.6. The maximum atomic E-state index is 5.33. The molecule has 2 aromatic rings. The predicted molar refractivity (Wildman–Crippen MR) is 133 cm³/mol. The van der Waals surface area contributed by atoms with Gasteiger partial charge in [-0.25, -0.2) is 0 Å². The molecule has 0 aliphatic carbocycles. The van der Waals surface area contributed by atoms with Gasteiger partial charge in [0.2, 0.25) is 11.9 Å². The van der Waals surface area contributed by atoms with E-state index in [4.69, 9.17) is 22.9 Å². The topological polar surface area (TPSA) is 160 Å². The Hall–Kier alpha value is -4.08. The fraction of sp³-hybridized carbons (Fsp3) is 0.273. The van der Waals surface area contributed by atoms with Crippen LogP contribution in [-0.4, -0.2) is 49.5 Å². The van der Waals surface area contributed by atoms with E-state index in [9.17, 15) is 0 Å². The maximum Gasteiger partial charge on any atom is 0.211 e. The number of benzene rings is 2. The van der Waals surface area contributed by atoms with Gasteiger partial charge in [0.05, 0.1) is 11.4 Å². The number of anilines is 2. The maximum absolute atomic E-state index is 5.33. The van der Waals surface area contributed by atoms with E-state index in [-0.39, 0.29) is 11.9 Å². The minimum atomic E-state index is -0.0531. The molecule has 1 aliphatic heterocycles. The van der Waals surface area contributed by atoms with Gasteiger partial charge in [0, 0.05) is 37.6 Å². The van der Waals surface area contributed by atoms with Gasteiger partial charge in [-0.15, -0.1) is 10.2 Å². The Morgan fingerprint density at radius 2 is 0.875 bits per heavy atom. The highest BCUT2D eigenvalue weighted by Gasteiger charge is 2.17. The van der Waals surface area contributed by atoms with Gasteiger partial charge < -0.3 is 32.7 Å². The van der Waals surface area contributed by atoms with Crippen molar-refractivity contribution in [2.45, 2.75) is 13.8 Å². The van der Waals surface area contributed by atoms with E-state index in [0.717, 1.165) is 48.7 Å². The van der Waals surface area contributed by atoms with E-state index in [2.05, 4.69) is 54.5 Å². The van der Waals surface area contributed by atoms with E-state index in [1.807, 2.05) is 38.1 Å². The zero-order chi connectivity index (χ0) is 23.1. The summed E-state index contributed by atoms with van der Waals surface area (Å²) in [5.41, 5.74) is 27.2. The molecule has 0 aromatic heterocycles. The molecular formula is C22H30N10. The number of nitrogens with two attached hydrogens (primary N) is 4. The molecule has 0 unspecified atom stereocenters. The van der Waals surface area contributed by atoms with Gasteiger partial charge in [-0.2, -0.15) is 10.2 Å². The first kappa shape index (κ1) is 22.6. The minimum Gasteiger partial charge on any atom is -0.369 e.